The van der Waals surface area contributed by atoms with E-state index in [1.54, 1.807) is 7.11 Å². The highest BCUT2D eigenvalue weighted by molar-refractivity contribution is 5.76. The fourth-order valence-electron chi connectivity index (χ4n) is 2.23. The SMILES string of the molecule is COCCOCCNC(=O)CC1CCC(N)CC1. The average molecular weight is 258 g/mol. The van der Waals surface area contributed by atoms with E-state index >= 15 is 0 Å². The highest BCUT2D eigenvalue weighted by atomic mass is 16.5. The average Bonchev–Trinajstić information content (AvgIpc) is 2.36. The van der Waals surface area contributed by atoms with Crippen LogP contribution in [0.5, 0.6) is 0 Å². The van der Waals surface area contributed by atoms with Gasteiger partial charge < -0.3 is 20.5 Å². The number of hydrogen-bond donors (Lipinski definition) is 2. The highest BCUT2D eigenvalue weighted by Crippen LogP contribution is 2.25. The minimum absolute atomic E-state index is 0.130. The lowest BCUT2D eigenvalue weighted by Gasteiger charge is -2.25. The van der Waals surface area contributed by atoms with E-state index in [1.165, 1.54) is 0 Å². The Balaban J connectivity index is 1.97. The van der Waals surface area contributed by atoms with E-state index in [2.05, 4.69) is 5.32 Å². The van der Waals surface area contributed by atoms with Crippen LogP contribution in [-0.4, -0.2) is 45.4 Å². The first-order valence-corrected chi connectivity index (χ1v) is 6.81. The van der Waals surface area contributed by atoms with Crippen LogP contribution in [-0.2, 0) is 14.3 Å². The number of hydrogen-bond acceptors (Lipinski definition) is 4. The van der Waals surface area contributed by atoms with Gasteiger partial charge in [-0.1, -0.05) is 0 Å². The molecule has 5 nitrogen and oxygen atoms in total. The molecule has 106 valence electrons. The molecule has 0 saturated heterocycles. The Morgan fingerprint density at radius 1 is 1.22 bits per heavy atom. The topological polar surface area (TPSA) is 73.6 Å². The smallest absolute Gasteiger partial charge is 0.220 e. The Hall–Kier alpha value is -0.650. The first-order valence-electron chi connectivity index (χ1n) is 6.81. The lowest BCUT2D eigenvalue weighted by atomic mass is 9.84. The molecule has 0 heterocycles. The molecule has 0 atom stereocenters. The zero-order valence-electron chi connectivity index (χ0n) is 11.3. The molecule has 0 unspecified atom stereocenters. The molecule has 1 saturated carbocycles. The van der Waals surface area contributed by atoms with Gasteiger partial charge in [0.1, 0.15) is 0 Å². The largest absolute Gasteiger partial charge is 0.382 e. The Morgan fingerprint density at radius 3 is 2.61 bits per heavy atom. The van der Waals surface area contributed by atoms with Gasteiger partial charge in [0.15, 0.2) is 0 Å². The molecule has 0 aromatic heterocycles. The molecule has 1 fully saturated rings. The summed E-state index contributed by atoms with van der Waals surface area (Å²) in [6, 6.07) is 0.346. The second-order valence-corrected chi connectivity index (χ2v) is 4.94. The van der Waals surface area contributed by atoms with Crippen LogP contribution in [0.3, 0.4) is 0 Å². The van der Waals surface area contributed by atoms with Gasteiger partial charge >= 0.3 is 0 Å². The van der Waals surface area contributed by atoms with Crippen LogP contribution in [0, 0.1) is 5.92 Å². The number of methoxy groups -OCH3 is 1. The summed E-state index contributed by atoms with van der Waals surface area (Å²) in [5.74, 6) is 0.644. The van der Waals surface area contributed by atoms with Crippen LogP contribution in [0.1, 0.15) is 32.1 Å². The highest BCUT2D eigenvalue weighted by Gasteiger charge is 2.20. The Bertz CT molecular complexity index is 228. The summed E-state index contributed by atoms with van der Waals surface area (Å²) < 4.78 is 10.1. The van der Waals surface area contributed by atoms with Crippen LogP contribution >= 0.6 is 0 Å². The maximum atomic E-state index is 11.7. The molecule has 3 N–H and O–H groups in total. The van der Waals surface area contributed by atoms with Crippen molar-refractivity contribution in [2.75, 3.05) is 33.5 Å². The first kappa shape index (κ1) is 15.4. The van der Waals surface area contributed by atoms with Crippen molar-refractivity contribution >= 4 is 5.91 Å². The van der Waals surface area contributed by atoms with Crippen LogP contribution in [0.4, 0.5) is 0 Å². The molecule has 18 heavy (non-hydrogen) atoms. The molecule has 5 heteroatoms. The minimum atomic E-state index is 0.130. The number of rotatable bonds is 8. The van der Waals surface area contributed by atoms with Gasteiger partial charge in [0.05, 0.1) is 19.8 Å². The Labute approximate surface area is 109 Å². The van der Waals surface area contributed by atoms with Crippen molar-refractivity contribution in [3.8, 4) is 0 Å². The molecular formula is C13H26N2O3. The molecule has 0 spiro atoms. The van der Waals surface area contributed by atoms with Crippen LogP contribution in [0.25, 0.3) is 0 Å². The lowest BCUT2D eigenvalue weighted by molar-refractivity contribution is -0.122. The fraction of sp³-hybridized carbons (Fsp3) is 0.923. The molecule has 1 aliphatic rings. The molecular weight excluding hydrogens is 232 g/mol. The molecule has 0 aliphatic heterocycles. The lowest BCUT2D eigenvalue weighted by Crippen LogP contribution is -2.32. The Kier molecular flexibility index (Phi) is 7.96. The van der Waals surface area contributed by atoms with E-state index in [4.69, 9.17) is 15.2 Å². The number of nitrogens with one attached hydrogen (secondary N) is 1. The fourth-order valence-corrected chi connectivity index (χ4v) is 2.23. The number of ether oxygens (including phenoxy) is 2. The maximum absolute atomic E-state index is 11.7. The van der Waals surface area contributed by atoms with Gasteiger partial charge in [-0.25, -0.2) is 0 Å². The quantitative estimate of drug-likeness (QED) is 0.628. The third kappa shape index (κ3) is 6.93. The third-order valence-electron chi connectivity index (χ3n) is 3.37. The van der Waals surface area contributed by atoms with Crippen molar-refractivity contribution in [3.05, 3.63) is 0 Å². The summed E-state index contributed by atoms with van der Waals surface area (Å²) in [6.07, 6.45) is 4.90. The normalized spacial score (nSPS) is 23.9. The monoisotopic (exact) mass is 258 g/mol. The molecule has 0 bridgehead atoms. The second kappa shape index (κ2) is 9.30. The number of amides is 1. The van der Waals surface area contributed by atoms with Gasteiger partial charge in [-0.15, -0.1) is 0 Å². The van der Waals surface area contributed by atoms with E-state index in [9.17, 15) is 4.79 Å². The predicted octanol–water partition coefficient (Wildman–Crippen LogP) is 0.673. The molecule has 1 amide bonds. The van der Waals surface area contributed by atoms with E-state index < -0.39 is 0 Å². The summed E-state index contributed by atoms with van der Waals surface area (Å²) in [6.45, 7) is 2.29. The van der Waals surface area contributed by atoms with Gasteiger partial charge in [-0.05, 0) is 31.6 Å². The van der Waals surface area contributed by atoms with Crippen molar-refractivity contribution in [3.63, 3.8) is 0 Å². The first-order chi connectivity index (χ1) is 8.72. The molecule has 1 rings (SSSR count). The van der Waals surface area contributed by atoms with Crippen LogP contribution < -0.4 is 11.1 Å². The van der Waals surface area contributed by atoms with E-state index in [0.717, 1.165) is 25.7 Å². The third-order valence-corrected chi connectivity index (χ3v) is 3.37. The van der Waals surface area contributed by atoms with Crippen molar-refractivity contribution in [2.45, 2.75) is 38.1 Å². The van der Waals surface area contributed by atoms with Crippen molar-refractivity contribution in [1.82, 2.24) is 5.32 Å². The van der Waals surface area contributed by atoms with Gasteiger partial charge in [-0.2, -0.15) is 0 Å². The zero-order valence-corrected chi connectivity index (χ0v) is 11.3. The molecule has 1 aliphatic carbocycles. The van der Waals surface area contributed by atoms with Gasteiger partial charge in [0, 0.05) is 26.1 Å². The number of carbonyl (C=O) groups excluding carboxylic acids is 1. The van der Waals surface area contributed by atoms with Crippen LogP contribution in [0.15, 0.2) is 0 Å². The maximum Gasteiger partial charge on any atom is 0.220 e. The van der Waals surface area contributed by atoms with Crippen molar-refractivity contribution < 1.29 is 14.3 Å². The minimum Gasteiger partial charge on any atom is -0.382 e. The standard InChI is InChI=1S/C13H26N2O3/c1-17-8-9-18-7-6-15-13(16)10-11-2-4-12(14)5-3-11/h11-12H,2-10,14H2,1H3,(H,15,16). The second-order valence-electron chi connectivity index (χ2n) is 4.94. The number of nitrogens with two attached hydrogens (primary N) is 1. The Morgan fingerprint density at radius 2 is 1.94 bits per heavy atom. The van der Waals surface area contributed by atoms with Crippen LogP contribution in [0.2, 0.25) is 0 Å². The van der Waals surface area contributed by atoms with Gasteiger partial charge in [0.25, 0.3) is 0 Å². The molecule has 0 radical (unpaired) electrons. The summed E-state index contributed by atoms with van der Waals surface area (Å²) in [5, 5.41) is 2.88. The van der Waals surface area contributed by atoms with E-state index in [1.807, 2.05) is 0 Å². The van der Waals surface area contributed by atoms with E-state index in [-0.39, 0.29) is 5.91 Å². The molecule has 0 aromatic rings. The number of carbonyl (C=O) groups is 1. The van der Waals surface area contributed by atoms with Gasteiger partial charge in [0.2, 0.25) is 5.91 Å². The van der Waals surface area contributed by atoms with E-state index in [0.29, 0.717) is 44.7 Å². The van der Waals surface area contributed by atoms with Gasteiger partial charge in [-0.3, -0.25) is 4.79 Å². The van der Waals surface area contributed by atoms with Crippen molar-refractivity contribution in [2.24, 2.45) is 11.7 Å². The predicted molar refractivity (Wildman–Crippen MR) is 70.3 cm³/mol. The summed E-state index contributed by atoms with van der Waals surface area (Å²) in [7, 11) is 1.64. The molecule has 0 aromatic carbocycles. The summed E-state index contributed by atoms with van der Waals surface area (Å²) >= 11 is 0. The summed E-state index contributed by atoms with van der Waals surface area (Å²) in [5.41, 5.74) is 5.84. The zero-order chi connectivity index (χ0) is 13.2. The summed E-state index contributed by atoms with van der Waals surface area (Å²) in [4.78, 5) is 11.7. The van der Waals surface area contributed by atoms with Crippen molar-refractivity contribution in [1.29, 1.82) is 0 Å².